The SMILES string of the molecule is CCC(=O)N1CCCCC1C(=O)N1C[C@@H](N)[C@H](c2ccccc2)C1.Cl. The second-order valence-corrected chi connectivity index (χ2v) is 6.88. The summed E-state index contributed by atoms with van der Waals surface area (Å²) < 4.78 is 0. The van der Waals surface area contributed by atoms with Crippen LogP contribution in [0.2, 0.25) is 0 Å². The van der Waals surface area contributed by atoms with Crippen molar-refractivity contribution in [2.75, 3.05) is 19.6 Å². The number of amides is 2. The smallest absolute Gasteiger partial charge is 0.245 e. The second kappa shape index (κ2) is 8.68. The van der Waals surface area contributed by atoms with Crippen molar-refractivity contribution >= 4 is 24.2 Å². The van der Waals surface area contributed by atoms with Crippen LogP contribution in [0.3, 0.4) is 0 Å². The summed E-state index contributed by atoms with van der Waals surface area (Å²) in [5.74, 6) is 0.329. The van der Waals surface area contributed by atoms with Gasteiger partial charge in [-0.2, -0.15) is 0 Å². The number of piperidine rings is 1. The molecule has 2 aliphatic heterocycles. The summed E-state index contributed by atoms with van der Waals surface area (Å²) in [4.78, 5) is 28.9. The molecule has 2 N–H and O–H groups in total. The third-order valence-corrected chi connectivity index (χ3v) is 5.32. The molecule has 0 radical (unpaired) electrons. The normalized spacial score (nSPS) is 26.2. The van der Waals surface area contributed by atoms with Crippen molar-refractivity contribution in [1.29, 1.82) is 0 Å². The molecule has 138 valence electrons. The molecule has 0 aliphatic carbocycles. The van der Waals surface area contributed by atoms with Gasteiger partial charge in [-0.05, 0) is 24.8 Å². The Kier molecular flexibility index (Phi) is 6.85. The van der Waals surface area contributed by atoms with Crippen LogP contribution in [-0.2, 0) is 9.59 Å². The van der Waals surface area contributed by atoms with Crippen molar-refractivity contribution in [1.82, 2.24) is 9.80 Å². The Hall–Kier alpha value is -1.59. The number of halogens is 1. The summed E-state index contributed by atoms with van der Waals surface area (Å²) in [6, 6.07) is 9.81. The molecule has 0 bridgehead atoms. The Morgan fingerprint density at radius 3 is 2.56 bits per heavy atom. The second-order valence-electron chi connectivity index (χ2n) is 6.88. The molecule has 2 amide bonds. The summed E-state index contributed by atoms with van der Waals surface area (Å²) in [7, 11) is 0. The standard InChI is InChI=1S/C19H27N3O2.ClH/c1-2-18(23)22-11-7-6-10-17(22)19(24)21-12-15(16(20)13-21)14-8-4-3-5-9-14;/h3-5,8-9,15-17H,2,6-7,10-13,20H2,1H3;1H/t15-,16+,17?;/m0./s1. The summed E-state index contributed by atoms with van der Waals surface area (Å²) in [6.07, 6.45) is 3.22. The van der Waals surface area contributed by atoms with E-state index in [9.17, 15) is 9.59 Å². The summed E-state index contributed by atoms with van der Waals surface area (Å²) in [5.41, 5.74) is 7.50. The number of hydrogen-bond acceptors (Lipinski definition) is 3. The average molecular weight is 366 g/mol. The van der Waals surface area contributed by atoms with E-state index in [4.69, 9.17) is 5.73 Å². The van der Waals surface area contributed by atoms with Gasteiger partial charge in [-0.3, -0.25) is 9.59 Å². The number of likely N-dealkylation sites (tertiary alicyclic amines) is 2. The third-order valence-electron chi connectivity index (χ3n) is 5.32. The lowest BCUT2D eigenvalue weighted by Crippen LogP contribution is -2.52. The number of nitrogens with zero attached hydrogens (tertiary/aromatic N) is 2. The maximum absolute atomic E-state index is 13.0. The van der Waals surface area contributed by atoms with Crippen molar-refractivity contribution in [3.8, 4) is 0 Å². The van der Waals surface area contributed by atoms with E-state index in [1.807, 2.05) is 30.0 Å². The highest BCUT2D eigenvalue weighted by atomic mass is 35.5. The van der Waals surface area contributed by atoms with Gasteiger partial charge in [0.2, 0.25) is 11.8 Å². The number of rotatable bonds is 3. The molecule has 6 heteroatoms. The van der Waals surface area contributed by atoms with Gasteiger partial charge in [0.05, 0.1) is 0 Å². The molecule has 3 rings (SSSR count). The fourth-order valence-electron chi connectivity index (χ4n) is 3.96. The lowest BCUT2D eigenvalue weighted by atomic mass is 9.95. The quantitative estimate of drug-likeness (QED) is 0.892. The monoisotopic (exact) mass is 365 g/mol. The molecular weight excluding hydrogens is 338 g/mol. The van der Waals surface area contributed by atoms with Crippen molar-refractivity contribution in [3.63, 3.8) is 0 Å². The maximum atomic E-state index is 13.0. The highest BCUT2D eigenvalue weighted by Crippen LogP contribution is 2.29. The fraction of sp³-hybridized carbons (Fsp3) is 0.579. The van der Waals surface area contributed by atoms with Crippen LogP contribution >= 0.6 is 12.4 Å². The molecule has 5 nitrogen and oxygen atoms in total. The Morgan fingerprint density at radius 1 is 1.16 bits per heavy atom. The Bertz CT molecular complexity index is 596. The van der Waals surface area contributed by atoms with Crippen LogP contribution in [0, 0.1) is 0 Å². The van der Waals surface area contributed by atoms with E-state index in [1.54, 1.807) is 4.90 Å². The van der Waals surface area contributed by atoms with E-state index in [1.165, 1.54) is 5.56 Å². The van der Waals surface area contributed by atoms with Crippen LogP contribution < -0.4 is 5.73 Å². The zero-order valence-corrected chi connectivity index (χ0v) is 15.6. The molecule has 1 aromatic rings. The molecule has 0 saturated carbocycles. The molecule has 3 atom stereocenters. The number of carbonyl (C=O) groups excluding carboxylic acids is 2. The predicted molar refractivity (Wildman–Crippen MR) is 101 cm³/mol. The van der Waals surface area contributed by atoms with Gasteiger partial charge < -0.3 is 15.5 Å². The van der Waals surface area contributed by atoms with Crippen LogP contribution in [0.15, 0.2) is 30.3 Å². The Labute approximate surface area is 155 Å². The number of carbonyl (C=O) groups is 2. The van der Waals surface area contributed by atoms with Gasteiger partial charge in [0.1, 0.15) is 6.04 Å². The van der Waals surface area contributed by atoms with E-state index in [0.29, 0.717) is 26.1 Å². The maximum Gasteiger partial charge on any atom is 0.245 e. The van der Waals surface area contributed by atoms with Crippen molar-refractivity contribution in [2.45, 2.75) is 50.6 Å². The number of nitrogens with two attached hydrogens (primary N) is 1. The summed E-state index contributed by atoms with van der Waals surface area (Å²) in [5, 5.41) is 0. The van der Waals surface area contributed by atoms with Gasteiger partial charge in [-0.25, -0.2) is 0 Å². The molecule has 0 spiro atoms. The number of benzene rings is 1. The minimum absolute atomic E-state index is 0. The third kappa shape index (κ3) is 4.15. The minimum atomic E-state index is -0.298. The first kappa shape index (κ1) is 19.7. The first-order valence-electron chi connectivity index (χ1n) is 9.00. The molecule has 25 heavy (non-hydrogen) atoms. The van der Waals surface area contributed by atoms with Gasteiger partial charge in [-0.1, -0.05) is 37.3 Å². The van der Waals surface area contributed by atoms with Crippen LogP contribution in [0.1, 0.15) is 44.1 Å². The molecular formula is C19H28ClN3O2. The molecule has 2 saturated heterocycles. The summed E-state index contributed by atoms with van der Waals surface area (Å²) in [6.45, 7) is 3.78. The van der Waals surface area contributed by atoms with E-state index < -0.39 is 0 Å². The van der Waals surface area contributed by atoms with E-state index in [2.05, 4.69) is 12.1 Å². The van der Waals surface area contributed by atoms with Gasteiger partial charge in [0.15, 0.2) is 0 Å². The molecule has 1 unspecified atom stereocenters. The lowest BCUT2D eigenvalue weighted by Gasteiger charge is -2.36. The minimum Gasteiger partial charge on any atom is -0.339 e. The summed E-state index contributed by atoms with van der Waals surface area (Å²) >= 11 is 0. The lowest BCUT2D eigenvalue weighted by molar-refractivity contribution is -0.147. The first-order chi connectivity index (χ1) is 11.6. The van der Waals surface area contributed by atoms with Crippen molar-refractivity contribution in [2.24, 2.45) is 5.73 Å². The van der Waals surface area contributed by atoms with Crippen molar-refractivity contribution < 1.29 is 9.59 Å². The van der Waals surface area contributed by atoms with Gasteiger partial charge in [-0.15, -0.1) is 12.4 Å². The Morgan fingerprint density at radius 2 is 1.88 bits per heavy atom. The average Bonchev–Trinajstić information content (AvgIpc) is 3.03. The molecule has 1 aromatic carbocycles. The zero-order valence-electron chi connectivity index (χ0n) is 14.8. The molecule has 2 fully saturated rings. The van der Waals surface area contributed by atoms with Crippen molar-refractivity contribution in [3.05, 3.63) is 35.9 Å². The zero-order chi connectivity index (χ0) is 17.1. The van der Waals surface area contributed by atoms with E-state index in [0.717, 1.165) is 19.3 Å². The largest absolute Gasteiger partial charge is 0.339 e. The first-order valence-corrected chi connectivity index (χ1v) is 9.00. The van der Waals surface area contributed by atoms with Crippen LogP contribution in [0.25, 0.3) is 0 Å². The highest BCUT2D eigenvalue weighted by molar-refractivity contribution is 5.88. The van der Waals surface area contributed by atoms with Crippen LogP contribution in [0.5, 0.6) is 0 Å². The Balaban J connectivity index is 0.00000225. The topological polar surface area (TPSA) is 66.6 Å². The van der Waals surface area contributed by atoms with Gasteiger partial charge in [0, 0.05) is 38.0 Å². The molecule has 2 heterocycles. The van der Waals surface area contributed by atoms with E-state index in [-0.39, 0.29) is 42.2 Å². The van der Waals surface area contributed by atoms with E-state index >= 15 is 0 Å². The molecule has 2 aliphatic rings. The van der Waals surface area contributed by atoms with Gasteiger partial charge >= 0.3 is 0 Å². The predicted octanol–water partition coefficient (Wildman–Crippen LogP) is 2.15. The van der Waals surface area contributed by atoms with Crippen LogP contribution in [-0.4, -0.2) is 53.3 Å². The van der Waals surface area contributed by atoms with Gasteiger partial charge in [0.25, 0.3) is 0 Å². The highest BCUT2D eigenvalue weighted by Gasteiger charge is 2.39. The molecule has 0 aromatic heterocycles. The number of hydrogen-bond donors (Lipinski definition) is 1. The fourth-order valence-corrected chi connectivity index (χ4v) is 3.96. The van der Waals surface area contributed by atoms with Crippen LogP contribution in [0.4, 0.5) is 0 Å².